The predicted octanol–water partition coefficient (Wildman–Crippen LogP) is 1.56. The van der Waals surface area contributed by atoms with Gasteiger partial charge in [0.15, 0.2) is 11.5 Å². The van der Waals surface area contributed by atoms with E-state index in [4.69, 9.17) is 19.3 Å². The zero-order valence-electron chi connectivity index (χ0n) is 12.9. The number of carbonyl (C=O) groups is 1. The summed E-state index contributed by atoms with van der Waals surface area (Å²) in [4.78, 5) is 12.8. The lowest BCUT2D eigenvalue weighted by atomic mass is 9.90. The monoisotopic (exact) mass is 307 g/mol. The fourth-order valence-corrected chi connectivity index (χ4v) is 3.42. The van der Waals surface area contributed by atoms with Crippen LogP contribution in [0.3, 0.4) is 0 Å². The predicted molar refractivity (Wildman–Crippen MR) is 79.9 cm³/mol. The molecule has 1 N–H and O–H groups in total. The molecule has 0 aromatic heterocycles. The maximum absolute atomic E-state index is 10.9. The number of rotatable bonds is 4. The van der Waals surface area contributed by atoms with E-state index in [2.05, 4.69) is 0 Å². The van der Waals surface area contributed by atoms with Crippen LogP contribution in [0.2, 0.25) is 0 Å². The molecule has 1 spiro atoms. The zero-order chi connectivity index (χ0) is 15.7. The van der Waals surface area contributed by atoms with E-state index >= 15 is 0 Å². The minimum absolute atomic E-state index is 0.0627. The second-order valence-electron chi connectivity index (χ2n) is 5.93. The zero-order valence-corrected chi connectivity index (χ0v) is 12.9. The summed E-state index contributed by atoms with van der Waals surface area (Å²) >= 11 is 0. The third-order valence-corrected chi connectivity index (χ3v) is 4.50. The van der Waals surface area contributed by atoms with Crippen molar-refractivity contribution in [1.29, 1.82) is 0 Å². The Morgan fingerprint density at radius 2 is 2.18 bits per heavy atom. The molecule has 22 heavy (non-hydrogen) atoms. The van der Waals surface area contributed by atoms with Crippen LogP contribution in [0.5, 0.6) is 17.2 Å². The number of methoxy groups -OCH3 is 2. The van der Waals surface area contributed by atoms with E-state index in [1.807, 2.05) is 17.0 Å². The maximum Gasteiger partial charge on any atom is 0.317 e. The fraction of sp³-hybridized carbons (Fsp3) is 0.562. The molecule has 1 aromatic carbocycles. The number of benzene rings is 1. The second-order valence-corrected chi connectivity index (χ2v) is 5.93. The molecule has 6 heteroatoms. The lowest BCUT2D eigenvalue weighted by Crippen LogP contribution is -2.43. The van der Waals surface area contributed by atoms with Crippen molar-refractivity contribution in [3.63, 3.8) is 0 Å². The molecule has 3 rings (SSSR count). The van der Waals surface area contributed by atoms with E-state index in [0.717, 1.165) is 37.1 Å². The Kier molecular flexibility index (Phi) is 3.87. The molecule has 2 heterocycles. The van der Waals surface area contributed by atoms with Gasteiger partial charge in [0.25, 0.3) is 0 Å². The first-order valence-corrected chi connectivity index (χ1v) is 7.44. The second kappa shape index (κ2) is 5.68. The fourth-order valence-electron chi connectivity index (χ4n) is 3.42. The van der Waals surface area contributed by atoms with Crippen molar-refractivity contribution in [2.75, 3.05) is 33.9 Å². The number of ether oxygens (including phenoxy) is 3. The molecule has 2 aliphatic rings. The Morgan fingerprint density at radius 1 is 1.36 bits per heavy atom. The number of carboxylic acid groups (broad SMARTS) is 1. The van der Waals surface area contributed by atoms with Crippen LogP contribution in [0.4, 0.5) is 0 Å². The summed E-state index contributed by atoms with van der Waals surface area (Å²) in [6.45, 7) is 1.44. The number of hydrogen-bond acceptors (Lipinski definition) is 5. The molecule has 0 bridgehead atoms. The van der Waals surface area contributed by atoms with Gasteiger partial charge in [-0.1, -0.05) is 6.07 Å². The Hall–Kier alpha value is -1.95. The summed E-state index contributed by atoms with van der Waals surface area (Å²) in [7, 11) is 3.21. The average Bonchev–Trinajstić information content (AvgIpc) is 2.87. The van der Waals surface area contributed by atoms with Crippen LogP contribution in [0.1, 0.15) is 18.4 Å². The highest BCUT2D eigenvalue weighted by Crippen LogP contribution is 2.47. The van der Waals surface area contributed by atoms with Crippen molar-refractivity contribution in [3.05, 3.63) is 17.7 Å². The summed E-state index contributed by atoms with van der Waals surface area (Å²) in [5, 5.41) is 8.95. The largest absolute Gasteiger partial charge is 0.493 e. The van der Waals surface area contributed by atoms with Crippen molar-refractivity contribution in [2.24, 2.45) is 0 Å². The molecule has 2 aliphatic heterocycles. The third-order valence-electron chi connectivity index (χ3n) is 4.50. The van der Waals surface area contributed by atoms with Crippen LogP contribution < -0.4 is 14.2 Å². The van der Waals surface area contributed by atoms with Crippen LogP contribution in [-0.2, 0) is 11.2 Å². The maximum atomic E-state index is 10.9. The Balaban J connectivity index is 1.86. The lowest BCUT2D eigenvalue weighted by Gasteiger charge is -2.36. The van der Waals surface area contributed by atoms with Gasteiger partial charge in [0.05, 0.1) is 20.8 Å². The van der Waals surface area contributed by atoms with Crippen LogP contribution in [-0.4, -0.2) is 55.4 Å². The first kappa shape index (κ1) is 15.0. The molecular formula is C16H21NO5. The summed E-state index contributed by atoms with van der Waals surface area (Å²) in [6, 6.07) is 3.90. The van der Waals surface area contributed by atoms with Gasteiger partial charge in [-0.15, -0.1) is 0 Å². The standard InChI is InChI=1S/C16H21NO5/c1-20-12-4-3-11-5-6-16(22-14(11)15(12)21-2)7-8-17(10-16)9-13(18)19/h3-4H,5-10H2,1-2H3,(H,18,19). The molecule has 1 fully saturated rings. The Labute approximate surface area is 129 Å². The van der Waals surface area contributed by atoms with Gasteiger partial charge in [0.1, 0.15) is 5.60 Å². The first-order valence-electron chi connectivity index (χ1n) is 7.44. The SMILES string of the molecule is COc1ccc2c(c1OC)OC1(CC2)CCN(CC(=O)O)C1. The normalized spacial score (nSPS) is 23.9. The molecule has 1 unspecified atom stereocenters. The highest BCUT2D eigenvalue weighted by molar-refractivity contribution is 5.69. The van der Waals surface area contributed by atoms with Gasteiger partial charge >= 0.3 is 5.97 Å². The van der Waals surface area contributed by atoms with Crippen LogP contribution in [0, 0.1) is 0 Å². The van der Waals surface area contributed by atoms with Crippen molar-refractivity contribution in [3.8, 4) is 17.2 Å². The van der Waals surface area contributed by atoms with E-state index < -0.39 is 5.97 Å². The number of nitrogens with zero attached hydrogens (tertiary/aromatic N) is 1. The molecule has 1 atom stereocenters. The number of aliphatic carboxylic acids is 1. The number of fused-ring (bicyclic) bond motifs is 1. The smallest absolute Gasteiger partial charge is 0.317 e. The quantitative estimate of drug-likeness (QED) is 0.910. The van der Waals surface area contributed by atoms with E-state index in [1.165, 1.54) is 0 Å². The molecule has 0 amide bonds. The summed E-state index contributed by atoms with van der Waals surface area (Å²) in [5.41, 5.74) is 0.794. The van der Waals surface area contributed by atoms with Gasteiger partial charge in [-0.05, 0) is 24.5 Å². The average molecular weight is 307 g/mol. The third kappa shape index (κ3) is 2.59. The van der Waals surface area contributed by atoms with E-state index in [-0.39, 0.29) is 12.1 Å². The van der Waals surface area contributed by atoms with Crippen LogP contribution in [0.25, 0.3) is 0 Å². The number of likely N-dealkylation sites (tertiary alicyclic amines) is 1. The van der Waals surface area contributed by atoms with Gasteiger partial charge in [0.2, 0.25) is 5.75 Å². The summed E-state index contributed by atoms with van der Waals surface area (Å²) < 4.78 is 17.1. The number of carboxylic acids is 1. The number of aryl methyl sites for hydroxylation is 1. The Bertz CT molecular complexity index is 588. The lowest BCUT2D eigenvalue weighted by molar-refractivity contribution is -0.138. The van der Waals surface area contributed by atoms with Gasteiger partial charge < -0.3 is 19.3 Å². The van der Waals surface area contributed by atoms with Gasteiger partial charge in [0, 0.05) is 19.5 Å². The molecule has 1 aromatic rings. The summed E-state index contributed by atoms with van der Waals surface area (Å²) in [5.74, 6) is 1.22. The minimum atomic E-state index is -0.799. The van der Waals surface area contributed by atoms with Crippen molar-refractivity contribution < 1.29 is 24.1 Å². The van der Waals surface area contributed by atoms with E-state index in [1.54, 1.807) is 14.2 Å². The minimum Gasteiger partial charge on any atom is -0.493 e. The van der Waals surface area contributed by atoms with Crippen LogP contribution in [0.15, 0.2) is 12.1 Å². The van der Waals surface area contributed by atoms with Gasteiger partial charge in [-0.2, -0.15) is 0 Å². The molecule has 0 radical (unpaired) electrons. The van der Waals surface area contributed by atoms with Crippen molar-refractivity contribution in [1.82, 2.24) is 4.90 Å². The first-order chi connectivity index (χ1) is 10.6. The van der Waals surface area contributed by atoms with Crippen LogP contribution >= 0.6 is 0 Å². The van der Waals surface area contributed by atoms with E-state index in [9.17, 15) is 4.79 Å². The Morgan fingerprint density at radius 3 is 2.86 bits per heavy atom. The highest BCUT2D eigenvalue weighted by atomic mass is 16.5. The van der Waals surface area contributed by atoms with Crippen molar-refractivity contribution >= 4 is 5.97 Å². The molecular weight excluding hydrogens is 286 g/mol. The molecule has 1 saturated heterocycles. The van der Waals surface area contributed by atoms with Gasteiger partial charge in [-0.3, -0.25) is 9.69 Å². The topological polar surface area (TPSA) is 68.2 Å². The molecule has 0 aliphatic carbocycles. The molecule has 120 valence electrons. The molecule has 6 nitrogen and oxygen atoms in total. The molecule has 0 saturated carbocycles. The summed E-state index contributed by atoms with van der Waals surface area (Å²) in [6.07, 6.45) is 2.63. The number of hydrogen-bond donors (Lipinski definition) is 1. The van der Waals surface area contributed by atoms with Crippen molar-refractivity contribution in [2.45, 2.75) is 24.9 Å². The van der Waals surface area contributed by atoms with Gasteiger partial charge in [-0.25, -0.2) is 0 Å². The van der Waals surface area contributed by atoms with E-state index in [0.29, 0.717) is 18.0 Å². The highest BCUT2D eigenvalue weighted by Gasteiger charge is 2.44.